The maximum absolute atomic E-state index is 12.2. The molecule has 2 heterocycles. The summed E-state index contributed by atoms with van der Waals surface area (Å²) in [5.41, 5.74) is 3.40. The van der Waals surface area contributed by atoms with Gasteiger partial charge in [-0.15, -0.1) is 11.3 Å². The Hall–Kier alpha value is -2.97. The number of nitrogens with one attached hydrogen (secondary N) is 2. The lowest BCUT2D eigenvalue weighted by Crippen LogP contribution is -2.32. The molecule has 0 aliphatic carbocycles. The van der Waals surface area contributed by atoms with Crippen LogP contribution in [0.15, 0.2) is 48.1 Å². The van der Waals surface area contributed by atoms with Crippen LogP contribution in [0.4, 0.5) is 5.13 Å². The van der Waals surface area contributed by atoms with Gasteiger partial charge in [0.05, 0.1) is 17.8 Å². The molecule has 0 unspecified atom stereocenters. The average Bonchev–Trinajstić information content (AvgIpc) is 3.51. The van der Waals surface area contributed by atoms with Crippen LogP contribution in [0.25, 0.3) is 11.3 Å². The normalized spacial score (nSPS) is 11.1. The monoisotopic (exact) mass is 526 g/mol. The Balaban J connectivity index is 0.000000458. The van der Waals surface area contributed by atoms with Crippen LogP contribution in [0, 0.1) is 12.8 Å². The number of hydrogen-bond donors (Lipinski definition) is 2. The van der Waals surface area contributed by atoms with Gasteiger partial charge in [-0.3, -0.25) is 9.59 Å². The fraction of sp³-hybridized carbons (Fsp3) is 0.483. The Morgan fingerprint density at radius 1 is 1.16 bits per heavy atom. The molecular weight excluding hydrogens is 484 g/mol. The minimum atomic E-state index is -0.311. The number of benzene rings is 1. The molecular formula is C29H42N4O3S. The molecule has 0 spiro atoms. The van der Waals surface area contributed by atoms with Crippen molar-refractivity contribution >= 4 is 28.3 Å². The molecule has 8 heteroatoms. The summed E-state index contributed by atoms with van der Waals surface area (Å²) in [4.78, 5) is 28.8. The second kappa shape index (κ2) is 14.7. The van der Waals surface area contributed by atoms with Crippen molar-refractivity contribution < 1.29 is 14.3 Å². The number of aryl methyl sites for hydroxylation is 1. The maximum Gasteiger partial charge on any atom is 0.253 e. The van der Waals surface area contributed by atoms with E-state index in [1.807, 2.05) is 47.3 Å². The van der Waals surface area contributed by atoms with E-state index < -0.39 is 0 Å². The lowest BCUT2D eigenvalue weighted by Gasteiger charge is -2.20. The highest BCUT2D eigenvalue weighted by Crippen LogP contribution is 2.25. The van der Waals surface area contributed by atoms with E-state index in [1.54, 1.807) is 12.3 Å². The Labute approximate surface area is 225 Å². The third kappa shape index (κ3) is 10.9. The Morgan fingerprint density at radius 3 is 2.54 bits per heavy atom. The molecule has 0 saturated heterocycles. The average molecular weight is 527 g/mol. The number of carbonyl (C=O) groups excluding carboxylic acids is 2. The molecule has 1 aromatic carbocycles. The molecule has 202 valence electrons. The summed E-state index contributed by atoms with van der Waals surface area (Å²) in [6.07, 6.45) is 5.97. The highest BCUT2D eigenvalue weighted by atomic mass is 32.1. The largest absolute Gasteiger partial charge is 0.381 e. The van der Waals surface area contributed by atoms with Crippen LogP contribution in [0.2, 0.25) is 0 Å². The van der Waals surface area contributed by atoms with Crippen LogP contribution < -0.4 is 10.6 Å². The molecule has 7 nitrogen and oxygen atoms in total. The first-order valence-electron chi connectivity index (χ1n) is 12.9. The number of nitrogens with zero attached hydrogens (tertiary/aromatic N) is 2. The first-order chi connectivity index (χ1) is 17.5. The Morgan fingerprint density at radius 2 is 1.92 bits per heavy atom. The fourth-order valence-corrected chi connectivity index (χ4v) is 3.94. The van der Waals surface area contributed by atoms with Gasteiger partial charge >= 0.3 is 0 Å². The highest BCUT2D eigenvalue weighted by molar-refractivity contribution is 7.14. The lowest BCUT2D eigenvalue weighted by atomic mass is 10.1. The van der Waals surface area contributed by atoms with Crippen molar-refractivity contribution in [2.45, 2.75) is 66.8 Å². The van der Waals surface area contributed by atoms with Crippen molar-refractivity contribution in [3.8, 4) is 11.3 Å². The van der Waals surface area contributed by atoms with Gasteiger partial charge in [0.25, 0.3) is 5.91 Å². The van der Waals surface area contributed by atoms with Gasteiger partial charge in [0, 0.05) is 42.1 Å². The predicted molar refractivity (Wildman–Crippen MR) is 153 cm³/mol. The van der Waals surface area contributed by atoms with Crippen LogP contribution in [-0.2, 0) is 15.1 Å². The first-order valence-corrected chi connectivity index (χ1v) is 13.7. The molecule has 0 fully saturated rings. The maximum atomic E-state index is 12.2. The van der Waals surface area contributed by atoms with Crippen molar-refractivity contribution in [3.63, 3.8) is 0 Å². The van der Waals surface area contributed by atoms with E-state index in [-0.39, 0.29) is 23.9 Å². The molecule has 0 atom stereocenters. The van der Waals surface area contributed by atoms with Crippen molar-refractivity contribution in [2.24, 2.45) is 5.92 Å². The van der Waals surface area contributed by atoms with Crippen LogP contribution in [0.3, 0.4) is 0 Å². The molecule has 2 N–H and O–H groups in total. The summed E-state index contributed by atoms with van der Waals surface area (Å²) in [5.74, 6) is 0.188. The molecule has 0 bridgehead atoms. The van der Waals surface area contributed by atoms with Gasteiger partial charge < -0.3 is 19.9 Å². The van der Waals surface area contributed by atoms with Crippen LogP contribution >= 0.6 is 11.3 Å². The zero-order valence-corrected chi connectivity index (χ0v) is 24.1. The molecule has 37 heavy (non-hydrogen) atoms. The van der Waals surface area contributed by atoms with E-state index in [4.69, 9.17) is 4.74 Å². The van der Waals surface area contributed by atoms with Gasteiger partial charge in [0.2, 0.25) is 5.91 Å². The lowest BCUT2D eigenvalue weighted by molar-refractivity contribution is -0.115. The van der Waals surface area contributed by atoms with Gasteiger partial charge in [-0.1, -0.05) is 44.5 Å². The highest BCUT2D eigenvalue weighted by Gasteiger charge is 2.16. The predicted octanol–water partition coefficient (Wildman–Crippen LogP) is 6.50. The number of aromatic nitrogens is 2. The molecule has 0 aliphatic rings. The molecule has 0 saturated carbocycles. The number of amides is 2. The van der Waals surface area contributed by atoms with E-state index in [2.05, 4.69) is 57.2 Å². The summed E-state index contributed by atoms with van der Waals surface area (Å²) < 4.78 is 7.26. The number of carbonyl (C=O) groups is 2. The first kappa shape index (κ1) is 30.3. The smallest absolute Gasteiger partial charge is 0.253 e. The van der Waals surface area contributed by atoms with Gasteiger partial charge in [-0.25, -0.2) is 4.98 Å². The minimum absolute atomic E-state index is 0.101. The topological polar surface area (TPSA) is 85.3 Å². The van der Waals surface area contributed by atoms with E-state index in [0.717, 1.165) is 42.4 Å². The van der Waals surface area contributed by atoms with Gasteiger partial charge in [-0.05, 0) is 58.6 Å². The summed E-state index contributed by atoms with van der Waals surface area (Å²) >= 11 is 1.36. The van der Waals surface area contributed by atoms with Crippen molar-refractivity contribution in [1.82, 2.24) is 14.9 Å². The van der Waals surface area contributed by atoms with E-state index in [1.165, 1.54) is 17.8 Å². The van der Waals surface area contributed by atoms with Gasteiger partial charge in [-0.2, -0.15) is 0 Å². The summed E-state index contributed by atoms with van der Waals surface area (Å²) in [7, 11) is 0. The summed E-state index contributed by atoms with van der Waals surface area (Å²) in [6, 6.07) is 9.78. The zero-order valence-electron chi connectivity index (χ0n) is 23.3. The van der Waals surface area contributed by atoms with Crippen LogP contribution in [-0.4, -0.2) is 41.1 Å². The van der Waals surface area contributed by atoms with Crippen LogP contribution in [0.5, 0.6) is 0 Å². The third-order valence-corrected chi connectivity index (χ3v) is 6.15. The fourth-order valence-electron chi connectivity index (χ4n) is 3.21. The molecule has 3 aromatic rings. The Kier molecular flexibility index (Phi) is 12.0. The number of hydrogen-bond acceptors (Lipinski definition) is 5. The Bertz CT molecular complexity index is 1130. The van der Waals surface area contributed by atoms with E-state index in [0.29, 0.717) is 10.7 Å². The third-order valence-electron chi connectivity index (χ3n) is 5.39. The molecule has 3 rings (SSSR count). The van der Waals surface area contributed by atoms with Gasteiger partial charge in [0.1, 0.15) is 0 Å². The molecule has 2 aromatic heterocycles. The summed E-state index contributed by atoms with van der Waals surface area (Å²) in [5, 5.41) is 7.78. The summed E-state index contributed by atoms with van der Waals surface area (Å²) in [6.45, 7) is 16.5. The number of ether oxygens (including phenoxy) is 1. The SMILES string of the molecule is CCCOCCC(C)C.Cc1cccc(-c2csc(NC(=O)CNC(=O)c3ccn(C(C)(C)C)c3)n2)c1. The van der Waals surface area contributed by atoms with Crippen molar-refractivity contribution in [1.29, 1.82) is 0 Å². The molecule has 2 amide bonds. The van der Waals surface area contributed by atoms with E-state index >= 15 is 0 Å². The number of rotatable bonds is 10. The second-order valence-corrected chi connectivity index (χ2v) is 11.3. The zero-order chi connectivity index (χ0) is 27.4. The standard InChI is InChI=1S/C21H24N4O2S.C8H18O/c1-14-6-5-7-15(10-14)17-13-28-20(23-17)24-18(26)11-22-19(27)16-8-9-25(12-16)21(2,3)4;1-4-6-9-7-5-8(2)3/h5-10,12-13H,11H2,1-4H3,(H,22,27)(H,23,24,26);8H,4-7H2,1-3H3. The second-order valence-electron chi connectivity index (χ2n) is 10.4. The van der Waals surface area contributed by atoms with Crippen molar-refractivity contribution in [3.05, 3.63) is 59.2 Å². The molecule has 0 radical (unpaired) electrons. The van der Waals surface area contributed by atoms with E-state index in [9.17, 15) is 9.59 Å². The van der Waals surface area contributed by atoms with Crippen molar-refractivity contribution in [2.75, 3.05) is 25.1 Å². The minimum Gasteiger partial charge on any atom is -0.381 e. The van der Waals surface area contributed by atoms with Crippen LogP contribution in [0.1, 0.15) is 70.3 Å². The molecule has 0 aliphatic heterocycles. The quantitative estimate of drug-likeness (QED) is 0.295. The number of anilines is 1. The van der Waals surface area contributed by atoms with Gasteiger partial charge in [0.15, 0.2) is 5.13 Å². The number of thiazole rings is 1.